The number of hydrogen-bond acceptors (Lipinski definition) is 4. The molecule has 96 valence electrons. The second-order valence-electron chi connectivity index (χ2n) is 3.97. The van der Waals surface area contributed by atoms with Gasteiger partial charge in [-0.3, -0.25) is 9.78 Å². The van der Waals surface area contributed by atoms with Gasteiger partial charge in [0.2, 0.25) is 0 Å². The number of methoxy groups -OCH3 is 1. The van der Waals surface area contributed by atoms with Crippen molar-refractivity contribution in [1.29, 1.82) is 0 Å². The molecular formula is C13H21NO3. The lowest BCUT2D eigenvalue weighted by molar-refractivity contribution is -0.148. The molecule has 4 nitrogen and oxygen atoms in total. The highest BCUT2D eigenvalue weighted by Gasteiger charge is 2.32. The zero-order valence-corrected chi connectivity index (χ0v) is 11.2. The van der Waals surface area contributed by atoms with Crippen LogP contribution in [-0.4, -0.2) is 31.8 Å². The van der Waals surface area contributed by atoms with Crippen LogP contribution in [0.4, 0.5) is 0 Å². The summed E-state index contributed by atoms with van der Waals surface area (Å²) in [4.78, 5) is 15.8. The first-order chi connectivity index (χ1) is 8.00. The Morgan fingerprint density at radius 1 is 1.35 bits per heavy atom. The molecule has 0 aliphatic heterocycles. The molecule has 4 heteroatoms. The Morgan fingerprint density at radius 2 is 1.94 bits per heavy atom. The maximum Gasteiger partial charge on any atom is 0.317 e. The predicted octanol–water partition coefficient (Wildman–Crippen LogP) is 2.18. The van der Waals surface area contributed by atoms with E-state index >= 15 is 0 Å². The predicted molar refractivity (Wildman–Crippen MR) is 66.8 cm³/mol. The quantitative estimate of drug-likeness (QED) is 0.759. The number of rotatable bonds is 3. The number of pyridine rings is 1. The number of hydrogen-bond donors (Lipinski definition) is 0. The Kier molecular flexibility index (Phi) is 7.14. The van der Waals surface area contributed by atoms with Gasteiger partial charge in [-0.15, -0.1) is 0 Å². The Bertz CT molecular complexity index is 323. The maximum atomic E-state index is 11.6. The fraction of sp³-hybridized carbons (Fsp3) is 0.538. The third-order valence-electron chi connectivity index (χ3n) is 2.09. The van der Waals surface area contributed by atoms with Crippen molar-refractivity contribution in [3.05, 3.63) is 30.1 Å². The molecule has 0 fully saturated rings. The van der Waals surface area contributed by atoms with Crippen LogP contribution >= 0.6 is 0 Å². The van der Waals surface area contributed by atoms with E-state index in [1.54, 1.807) is 27.3 Å². The second kappa shape index (κ2) is 7.79. The molecule has 0 unspecified atom stereocenters. The summed E-state index contributed by atoms with van der Waals surface area (Å²) in [6, 6.07) is 5.52. The highest BCUT2D eigenvalue weighted by molar-refractivity contribution is 5.81. The first-order valence-corrected chi connectivity index (χ1v) is 5.49. The van der Waals surface area contributed by atoms with Gasteiger partial charge in [-0.2, -0.15) is 0 Å². The summed E-state index contributed by atoms with van der Waals surface area (Å²) < 4.78 is 9.23. The van der Waals surface area contributed by atoms with Gasteiger partial charge in [-0.25, -0.2) is 0 Å². The van der Waals surface area contributed by atoms with Crippen molar-refractivity contribution in [3.63, 3.8) is 0 Å². The van der Waals surface area contributed by atoms with E-state index in [9.17, 15) is 4.79 Å². The van der Waals surface area contributed by atoms with Crippen LogP contribution in [0.1, 0.15) is 26.5 Å². The fourth-order valence-electron chi connectivity index (χ4n) is 1.15. The lowest BCUT2D eigenvalue weighted by Crippen LogP contribution is -2.31. The molecule has 1 heterocycles. The largest absolute Gasteiger partial charge is 0.465 e. The van der Waals surface area contributed by atoms with Gasteiger partial charge < -0.3 is 9.47 Å². The standard InChI is InChI=1S/C11H15NO2.C2H6O/c1-4-14-10(13)11(2,3)9-7-5-6-8-12-9;1-3-2/h5-8H,4H2,1-3H3;1-2H3. The Morgan fingerprint density at radius 3 is 2.35 bits per heavy atom. The van der Waals surface area contributed by atoms with Crippen LogP contribution in [0.25, 0.3) is 0 Å². The minimum atomic E-state index is -0.669. The van der Waals surface area contributed by atoms with E-state index in [4.69, 9.17) is 4.74 Å². The molecule has 1 rings (SSSR count). The van der Waals surface area contributed by atoms with Crippen molar-refractivity contribution in [2.24, 2.45) is 0 Å². The Hall–Kier alpha value is -1.42. The molecule has 1 aromatic heterocycles. The van der Waals surface area contributed by atoms with E-state index in [1.807, 2.05) is 32.0 Å². The third-order valence-corrected chi connectivity index (χ3v) is 2.09. The lowest BCUT2D eigenvalue weighted by Gasteiger charge is -2.21. The summed E-state index contributed by atoms with van der Waals surface area (Å²) in [5.74, 6) is -0.237. The van der Waals surface area contributed by atoms with Gasteiger partial charge in [0.25, 0.3) is 0 Å². The van der Waals surface area contributed by atoms with Crippen LogP contribution in [0.3, 0.4) is 0 Å². The summed E-state index contributed by atoms with van der Waals surface area (Å²) >= 11 is 0. The number of carbonyl (C=O) groups is 1. The Balaban J connectivity index is 0.000000770. The summed E-state index contributed by atoms with van der Waals surface area (Å²) in [5, 5.41) is 0. The number of aromatic nitrogens is 1. The first kappa shape index (κ1) is 15.6. The van der Waals surface area contributed by atoms with Crippen LogP contribution in [-0.2, 0) is 19.7 Å². The van der Waals surface area contributed by atoms with Crippen LogP contribution in [0.5, 0.6) is 0 Å². The SMILES string of the molecule is CCOC(=O)C(C)(C)c1ccccn1.COC. The molecular weight excluding hydrogens is 218 g/mol. The zero-order chi connectivity index (χ0) is 13.3. The number of esters is 1. The molecule has 1 aromatic rings. The third kappa shape index (κ3) is 4.95. The van der Waals surface area contributed by atoms with Gasteiger partial charge >= 0.3 is 5.97 Å². The van der Waals surface area contributed by atoms with E-state index in [0.29, 0.717) is 6.61 Å². The van der Waals surface area contributed by atoms with Crippen LogP contribution in [0.15, 0.2) is 24.4 Å². The van der Waals surface area contributed by atoms with Gasteiger partial charge in [0.15, 0.2) is 0 Å². The molecule has 0 aliphatic carbocycles. The van der Waals surface area contributed by atoms with E-state index in [0.717, 1.165) is 5.69 Å². The van der Waals surface area contributed by atoms with Gasteiger partial charge in [0.1, 0.15) is 5.41 Å². The van der Waals surface area contributed by atoms with E-state index in [-0.39, 0.29) is 5.97 Å². The summed E-state index contributed by atoms with van der Waals surface area (Å²) in [7, 11) is 3.25. The van der Waals surface area contributed by atoms with E-state index in [2.05, 4.69) is 9.72 Å². The molecule has 0 spiro atoms. The average Bonchev–Trinajstić information content (AvgIpc) is 2.31. The van der Waals surface area contributed by atoms with Crippen LogP contribution < -0.4 is 0 Å². The molecule has 0 saturated heterocycles. The second-order valence-corrected chi connectivity index (χ2v) is 3.97. The van der Waals surface area contributed by atoms with E-state index < -0.39 is 5.41 Å². The molecule has 0 amide bonds. The van der Waals surface area contributed by atoms with Gasteiger partial charge in [-0.1, -0.05) is 6.07 Å². The van der Waals surface area contributed by atoms with Crippen molar-refractivity contribution in [1.82, 2.24) is 4.98 Å². The zero-order valence-electron chi connectivity index (χ0n) is 11.2. The maximum absolute atomic E-state index is 11.6. The van der Waals surface area contributed by atoms with Gasteiger partial charge in [0.05, 0.1) is 12.3 Å². The van der Waals surface area contributed by atoms with Crippen LogP contribution in [0.2, 0.25) is 0 Å². The molecule has 17 heavy (non-hydrogen) atoms. The molecule has 0 aromatic carbocycles. The molecule has 0 radical (unpaired) electrons. The minimum absolute atomic E-state index is 0.237. The Labute approximate surface area is 103 Å². The highest BCUT2D eigenvalue weighted by atomic mass is 16.5. The molecule has 0 N–H and O–H groups in total. The molecule has 0 bridgehead atoms. The molecule has 0 atom stereocenters. The van der Waals surface area contributed by atoms with Gasteiger partial charge in [0, 0.05) is 20.4 Å². The first-order valence-electron chi connectivity index (χ1n) is 5.49. The van der Waals surface area contributed by atoms with Crippen molar-refractivity contribution < 1.29 is 14.3 Å². The normalized spacial score (nSPS) is 10.2. The molecule has 0 saturated carbocycles. The highest BCUT2D eigenvalue weighted by Crippen LogP contribution is 2.22. The van der Waals surface area contributed by atoms with Crippen LogP contribution in [0, 0.1) is 0 Å². The number of carbonyl (C=O) groups excluding carboxylic acids is 1. The van der Waals surface area contributed by atoms with Gasteiger partial charge in [-0.05, 0) is 32.9 Å². The molecule has 0 aliphatic rings. The summed E-state index contributed by atoms with van der Waals surface area (Å²) in [5.41, 5.74) is 0.0653. The number of nitrogens with zero attached hydrogens (tertiary/aromatic N) is 1. The van der Waals surface area contributed by atoms with Crippen molar-refractivity contribution in [2.45, 2.75) is 26.2 Å². The van der Waals surface area contributed by atoms with Crippen molar-refractivity contribution >= 4 is 5.97 Å². The average molecular weight is 239 g/mol. The smallest absolute Gasteiger partial charge is 0.317 e. The van der Waals surface area contributed by atoms with E-state index in [1.165, 1.54) is 0 Å². The minimum Gasteiger partial charge on any atom is -0.465 e. The van der Waals surface area contributed by atoms with Crippen molar-refractivity contribution in [2.75, 3.05) is 20.8 Å². The number of ether oxygens (including phenoxy) is 2. The van der Waals surface area contributed by atoms with Crippen molar-refractivity contribution in [3.8, 4) is 0 Å². The monoisotopic (exact) mass is 239 g/mol. The fourth-order valence-corrected chi connectivity index (χ4v) is 1.15. The summed E-state index contributed by atoms with van der Waals surface area (Å²) in [6.07, 6.45) is 1.68. The topological polar surface area (TPSA) is 48.4 Å². The lowest BCUT2D eigenvalue weighted by atomic mass is 9.89. The summed E-state index contributed by atoms with van der Waals surface area (Å²) in [6.45, 7) is 5.82.